The number of hydrogen-bond donors (Lipinski definition) is 1. The third-order valence-corrected chi connectivity index (χ3v) is 3.90. The third-order valence-electron chi connectivity index (χ3n) is 2.88. The van der Waals surface area contributed by atoms with Crippen LogP contribution in [0.2, 0.25) is 0 Å². The Bertz CT molecular complexity index is 607. The van der Waals surface area contributed by atoms with E-state index in [1.165, 1.54) is 22.7 Å². The predicted molar refractivity (Wildman–Crippen MR) is 75.8 cm³/mol. The lowest BCUT2D eigenvalue weighted by Gasteiger charge is -2.18. The monoisotopic (exact) mass is 288 g/mol. The van der Waals surface area contributed by atoms with Crippen LogP contribution in [0.25, 0.3) is 6.08 Å². The van der Waals surface area contributed by atoms with Crippen LogP contribution in [-0.4, -0.2) is 39.6 Å². The molecule has 1 heterocycles. The molecule has 102 valence electrons. The Balaban J connectivity index is 2.09. The van der Waals surface area contributed by atoms with E-state index in [0.29, 0.717) is 17.2 Å². The van der Waals surface area contributed by atoms with Gasteiger partial charge in [-0.1, -0.05) is 12.1 Å². The normalized spacial score (nSPS) is 18.1. The molecule has 0 spiro atoms. The largest absolute Gasteiger partial charge is 0.480 e. The second kappa shape index (κ2) is 6.26. The first-order valence-corrected chi connectivity index (χ1v) is 7.06. The van der Waals surface area contributed by atoms with E-state index >= 15 is 0 Å². The molecule has 1 amide bonds. The van der Waals surface area contributed by atoms with Crippen molar-refractivity contribution >= 4 is 29.7 Å². The third kappa shape index (κ3) is 3.19. The summed E-state index contributed by atoms with van der Waals surface area (Å²) in [4.78, 5) is 24.3. The highest BCUT2D eigenvalue weighted by atomic mass is 32.2. The number of hydrogen-bond acceptors (Lipinski definition) is 4. The van der Waals surface area contributed by atoms with Crippen LogP contribution in [0.3, 0.4) is 0 Å². The number of carboxylic acids is 1. The second-order valence-electron chi connectivity index (χ2n) is 4.23. The van der Waals surface area contributed by atoms with E-state index in [-0.39, 0.29) is 5.91 Å². The zero-order valence-corrected chi connectivity index (χ0v) is 11.3. The zero-order chi connectivity index (χ0) is 14.5. The van der Waals surface area contributed by atoms with Crippen molar-refractivity contribution < 1.29 is 14.7 Å². The first-order valence-electron chi connectivity index (χ1n) is 5.91. The van der Waals surface area contributed by atoms with Gasteiger partial charge < -0.3 is 10.0 Å². The number of carbonyl (C=O) groups is 2. The number of amides is 1. The van der Waals surface area contributed by atoms with Crippen molar-refractivity contribution in [2.24, 2.45) is 0 Å². The molecule has 0 aliphatic carbocycles. The number of nitrogens with zero attached hydrogens (tertiary/aromatic N) is 2. The van der Waals surface area contributed by atoms with Crippen LogP contribution >= 0.6 is 11.8 Å². The molecule has 1 aromatic rings. The maximum atomic E-state index is 12.0. The molecule has 1 N–H and O–H groups in total. The lowest BCUT2D eigenvalue weighted by Crippen LogP contribution is -2.40. The number of rotatable bonds is 3. The average Bonchev–Trinajstić information content (AvgIpc) is 2.94. The summed E-state index contributed by atoms with van der Waals surface area (Å²) in [5.41, 5.74) is 1.25. The van der Waals surface area contributed by atoms with Crippen LogP contribution in [0.15, 0.2) is 30.3 Å². The van der Waals surface area contributed by atoms with Crippen LogP contribution in [-0.2, 0) is 9.59 Å². The number of thioether (sulfide) groups is 1. The van der Waals surface area contributed by atoms with Crippen LogP contribution < -0.4 is 0 Å². The highest BCUT2D eigenvalue weighted by Gasteiger charge is 2.33. The van der Waals surface area contributed by atoms with E-state index in [0.717, 1.165) is 5.56 Å². The van der Waals surface area contributed by atoms with Crippen LogP contribution in [0.1, 0.15) is 11.1 Å². The van der Waals surface area contributed by atoms with Gasteiger partial charge in [0, 0.05) is 11.8 Å². The van der Waals surface area contributed by atoms with Gasteiger partial charge in [0.1, 0.15) is 6.04 Å². The first kappa shape index (κ1) is 14.2. The van der Waals surface area contributed by atoms with Crippen LogP contribution in [0.5, 0.6) is 0 Å². The van der Waals surface area contributed by atoms with E-state index < -0.39 is 12.0 Å². The van der Waals surface area contributed by atoms with Gasteiger partial charge in [-0.2, -0.15) is 5.26 Å². The Morgan fingerprint density at radius 3 is 3.00 bits per heavy atom. The Kier molecular flexibility index (Phi) is 4.43. The molecule has 1 aliphatic heterocycles. The first-order chi connectivity index (χ1) is 9.61. The molecule has 0 radical (unpaired) electrons. The molecule has 5 nitrogen and oxygen atoms in total. The summed E-state index contributed by atoms with van der Waals surface area (Å²) in [6.45, 7) is 0. The van der Waals surface area contributed by atoms with Crippen molar-refractivity contribution in [3.05, 3.63) is 41.5 Å². The van der Waals surface area contributed by atoms with Crippen molar-refractivity contribution in [3.63, 3.8) is 0 Å². The summed E-state index contributed by atoms with van der Waals surface area (Å²) < 4.78 is 0. The minimum atomic E-state index is -0.983. The Morgan fingerprint density at radius 2 is 2.30 bits per heavy atom. The summed E-state index contributed by atoms with van der Waals surface area (Å²) in [6, 6.07) is 8.11. The maximum Gasteiger partial charge on any atom is 0.327 e. The van der Waals surface area contributed by atoms with E-state index in [4.69, 9.17) is 10.4 Å². The quantitative estimate of drug-likeness (QED) is 0.854. The number of nitriles is 1. The van der Waals surface area contributed by atoms with Gasteiger partial charge in [0.25, 0.3) is 0 Å². The number of aliphatic carboxylic acids is 1. The van der Waals surface area contributed by atoms with E-state index in [9.17, 15) is 9.59 Å². The van der Waals surface area contributed by atoms with Gasteiger partial charge in [0.2, 0.25) is 5.91 Å². The Hall–Kier alpha value is -2.26. The van der Waals surface area contributed by atoms with Gasteiger partial charge >= 0.3 is 5.97 Å². The maximum absolute atomic E-state index is 12.0. The fourth-order valence-corrected chi connectivity index (χ4v) is 2.99. The summed E-state index contributed by atoms with van der Waals surface area (Å²) in [6.07, 6.45) is 2.93. The van der Waals surface area contributed by atoms with Gasteiger partial charge in [-0.15, -0.1) is 11.8 Å². The molecule has 0 saturated carbocycles. The summed E-state index contributed by atoms with van der Waals surface area (Å²) >= 11 is 1.42. The fraction of sp³-hybridized carbons (Fsp3) is 0.214. The summed E-state index contributed by atoms with van der Waals surface area (Å²) in [7, 11) is 0. The van der Waals surface area contributed by atoms with Gasteiger partial charge in [-0.05, 0) is 23.8 Å². The molecule has 1 aliphatic rings. The highest BCUT2D eigenvalue weighted by Crippen LogP contribution is 2.21. The molecule has 1 fully saturated rings. The van der Waals surface area contributed by atoms with Gasteiger partial charge in [-0.25, -0.2) is 4.79 Å². The fourth-order valence-electron chi connectivity index (χ4n) is 1.84. The van der Waals surface area contributed by atoms with Crippen molar-refractivity contribution in [1.29, 1.82) is 5.26 Å². The average molecular weight is 288 g/mol. The van der Waals surface area contributed by atoms with Crippen molar-refractivity contribution in [1.82, 2.24) is 4.90 Å². The minimum absolute atomic E-state index is 0.329. The van der Waals surface area contributed by atoms with Gasteiger partial charge in [-0.3, -0.25) is 4.79 Å². The predicted octanol–water partition coefficient (Wildman–Crippen LogP) is 1.56. The Morgan fingerprint density at radius 1 is 1.50 bits per heavy atom. The molecular formula is C14H12N2O3S. The number of carbonyl (C=O) groups excluding carboxylic acids is 1. The topological polar surface area (TPSA) is 81.4 Å². The molecule has 1 saturated heterocycles. The van der Waals surface area contributed by atoms with Gasteiger partial charge in [0.05, 0.1) is 17.5 Å². The standard InChI is InChI=1S/C14H12N2O3S/c15-7-11-3-1-2-10(6-11)4-5-13(17)16-9-20-8-12(16)14(18)19/h1-6,12H,8-9H2,(H,18,19)/b5-4+/t12-/m0/s1. The Labute approximate surface area is 120 Å². The van der Waals surface area contributed by atoms with Gasteiger partial charge in [0.15, 0.2) is 0 Å². The lowest BCUT2D eigenvalue weighted by molar-refractivity contribution is -0.146. The van der Waals surface area contributed by atoms with Crippen molar-refractivity contribution in [2.75, 3.05) is 11.6 Å². The van der Waals surface area contributed by atoms with E-state index in [1.54, 1.807) is 30.3 Å². The molecule has 0 bridgehead atoms. The van der Waals surface area contributed by atoms with E-state index in [2.05, 4.69) is 0 Å². The van der Waals surface area contributed by atoms with Crippen molar-refractivity contribution in [2.45, 2.75) is 6.04 Å². The number of benzene rings is 1. The summed E-state index contributed by atoms with van der Waals surface area (Å²) in [5.74, 6) is -0.509. The van der Waals surface area contributed by atoms with Crippen LogP contribution in [0, 0.1) is 11.3 Å². The SMILES string of the molecule is N#Cc1cccc(/C=C/C(=O)N2CSC[C@H]2C(=O)O)c1. The highest BCUT2D eigenvalue weighted by molar-refractivity contribution is 7.99. The molecule has 2 rings (SSSR count). The van der Waals surface area contributed by atoms with Crippen molar-refractivity contribution in [3.8, 4) is 6.07 Å². The zero-order valence-electron chi connectivity index (χ0n) is 10.5. The molecule has 6 heteroatoms. The second-order valence-corrected chi connectivity index (χ2v) is 5.23. The molecule has 20 heavy (non-hydrogen) atoms. The lowest BCUT2D eigenvalue weighted by atomic mass is 10.1. The smallest absolute Gasteiger partial charge is 0.327 e. The summed E-state index contributed by atoms with van der Waals surface area (Å²) in [5, 5.41) is 17.8. The van der Waals surface area contributed by atoms with E-state index in [1.807, 2.05) is 6.07 Å². The molecular weight excluding hydrogens is 276 g/mol. The minimum Gasteiger partial charge on any atom is -0.480 e. The molecule has 1 atom stereocenters. The molecule has 1 aromatic carbocycles. The molecule has 0 unspecified atom stereocenters. The molecule has 0 aromatic heterocycles. The number of carboxylic acid groups (broad SMARTS) is 1. The van der Waals surface area contributed by atoms with Crippen LogP contribution in [0.4, 0.5) is 0 Å².